The zero-order valence-corrected chi connectivity index (χ0v) is 6.77. The van der Waals surface area contributed by atoms with Gasteiger partial charge in [-0.15, -0.1) is 11.3 Å². The molecule has 0 unspecified atom stereocenters. The van der Waals surface area contributed by atoms with Crippen LogP contribution in [-0.4, -0.2) is 4.98 Å². The maximum absolute atomic E-state index is 8.68. The molecule has 0 spiro atoms. The highest BCUT2D eigenvalue weighted by atomic mass is 32.1. The van der Waals surface area contributed by atoms with E-state index in [1.807, 2.05) is 19.2 Å². The van der Waals surface area contributed by atoms with Crippen LogP contribution in [0.25, 0.3) is 0 Å². The van der Waals surface area contributed by atoms with Crippen LogP contribution in [-0.2, 0) is 5.41 Å². The highest BCUT2D eigenvalue weighted by Crippen LogP contribution is 2.23. The number of nitrogens with zero attached hydrogens (tertiary/aromatic N) is 2. The molecule has 52 valence electrons. The summed E-state index contributed by atoms with van der Waals surface area (Å²) < 4.78 is 0. The van der Waals surface area contributed by atoms with Gasteiger partial charge in [0.1, 0.15) is 10.4 Å². The number of hydrogen-bond donors (Lipinski definition) is 0. The van der Waals surface area contributed by atoms with Crippen LogP contribution in [0, 0.1) is 11.3 Å². The van der Waals surface area contributed by atoms with Gasteiger partial charge in [-0.3, -0.25) is 0 Å². The predicted octanol–water partition coefficient (Wildman–Crippen LogP) is 1.94. The van der Waals surface area contributed by atoms with E-state index in [0.29, 0.717) is 0 Å². The Kier molecular flexibility index (Phi) is 1.73. The maximum Gasteiger partial charge on any atom is 0.112 e. The number of aromatic nitrogens is 1. The summed E-state index contributed by atoms with van der Waals surface area (Å²) in [5.74, 6) is 0. The molecule has 2 nitrogen and oxygen atoms in total. The quantitative estimate of drug-likeness (QED) is 0.616. The van der Waals surface area contributed by atoms with E-state index in [1.165, 1.54) is 11.3 Å². The fraction of sp³-hybridized carbons (Fsp3) is 0.429. The molecule has 1 aromatic rings. The second-order valence-electron chi connectivity index (χ2n) is 2.57. The summed E-state index contributed by atoms with van der Waals surface area (Å²) in [6, 6.07) is 2.19. The molecule has 10 heavy (non-hydrogen) atoms. The molecule has 0 radical (unpaired) electrons. The van der Waals surface area contributed by atoms with Crippen LogP contribution in [0.1, 0.15) is 18.9 Å². The van der Waals surface area contributed by atoms with Crippen LogP contribution in [0.3, 0.4) is 0 Å². The van der Waals surface area contributed by atoms with E-state index in [-0.39, 0.29) is 0 Å². The molecule has 0 fully saturated rings. The van der Waals surface area contributed by atoms with E-state index < -0.39 is 5.41 Å². The van der Waals surface area contributed by atoms with Crippen LogP contribution in [0.2, 0.25) is 0 Å². The first-order chi connectivity index (χ1) is 4.67. The average molecular weight is 152 g/mol. The van der Waals surface area contributed by atoms with Crippen LogP contribution >= 0.6 is 11.3 Å². The first-order valence-electron chi connectivity index (χ1n) is 2.98. The third-order valence-electron chi connectivity index (χ3n) is 1.25. The normalized spacial score (nSPS) is 10.9. The van der Waals surface area contributed by atoms with E-state index in [9.17, 15) is 0 Å². The molecule has 0 amide bonds. The highest BCUT2D eigenvalue weighted by molar-refractivity contribution is 7.09. The summed E-state index contributed by atoms with van der Waals surface area (Å²) in [7, 11) is 0. The number of rotatable bonds is 1. The molecular formula is C7H8N2S. The SMILES string of the molecule is CC(C)(C#N)c1nccs1. The van der Waals surface area contributed by atoms with Crippen molar-refractivity contribution in [1.82, 2.24) is 4.98 Å². The average Bonchev–Trinajstić information content (AvgIpc) is 2.38. The van der Waals surface area contributed by atoms with Crippen LogP contribution in [0.4, 0.5) is 0 Å². The molecule has 0 saturated heterocycles. The summed E-state index contributed by atoms with van der Waals surface area (Å²) >= 11 is 1.52. The lowest BCUT2D eigenvalue weighted by Crippen LogP contribution is -2.12. The molecule has 0 aromatic carbocycles. The van der Waals surface area contributed by atoms with Crippen molar-refractivity contribution in [2.45, 2.75) is 19.3 Å². The molecule has 0 atom stereocenters. The van der Waals surface area contributed by atoms with Gasteiger partial charge in [-0.05, 0) is 13.8 Å². The lowest BCUT2D eigenvalue weighted by Gasteiger charge is -2.09. The second kappa shape index (κ2) is 2.39. The summed E-state index contributed by atoms with van der Waals surface area (Å²) in [5.41, 5.74) is -0.422. The fourth-order valence-corrected chi connectivity index (χ4v) is 1.29. The fourth-order valence-electron chi connectivity index (χ4n) is 0.580. The second-order valence-corrected chi connectivity index (χ2v) is 3.47. The van der Waals surface area contributed by atoms with Crippen molar-refractivity contribution in [2.24, 2.45) is 0 Å². The van der Waals surface area contributed by atoms with Crippen molar-refractivity contribution in [3.8, 4) is 6.07 Å². The van der Waals surface area contributed by atoms with Crippen molar-refractivity contribution >= 4 is 11.3 Å². The van der Waals surface area contributed by atoms with Crippen molar-refractivity contribution < 1.29 is 0 Å². The lowest BCUT2D eigenvalue weighted by molar-refractivity contribution is 0.680. The van der Waals surface area contributed by atoms with Gasteiger partial charge in [0.05, 0.1) is 6.07 Å². The summed E-state index contributed by atoms with van der Waals surface area (Å²) in [6.45, 7) is 3.73. The van der Waals surface area contributed by atoms with Crippen LogP contribution in [0.15, 0.2) is 11.6 Å². The Hall–Kier alpha value is -0.880. The Morgan fingerprint density at radius 2 is 2.40 bits per heavy atom. The molecule has 0 aliphatic carbocycles. The van der Waals surface area contributed by atoms with Gasteiger partial charge in [0.25, 0.3) is 0 Å². The molecule has 0 bridgehead atoms. The van der Waals surface area contributed by atoms with E-state index in [0.717, 1.165) is 5.01 Å². The van der Waals surface area contributed by atoms with Gasteiger partial charge in [-0.25, -0.2) is 4.98 Å². The number of thiazole rings is 1. The third-order valence-corrected chi connectivity index (χ3v) is 2.34. The zero-order valence-electron chi connectivity index (χ0n) is 5.96. The van der Waals surface area contributed by atoms with Gasteiger partial charge in [-0.2, -0.15) is 5.26 Å². The minimum Gasteiger partial charge on any atom is -0.248 e. The van der Waals surface area contributed by atoms with E-state index in [2.05, 4.69) is 11.1 Å². The van der Waals surface area contributed by atoms with Crippen LogP contribution < -0.4 is 0 Å². The van der Waals surface area contributed by atoms with Gasteiger partial charge in [0, 0.05) is 11.6 Å². The van der Waals surface area contributed by atoms with Gasteiger partial charge in [-0.1, -0.05) is 0 Å². The van der Waals surface area contributed by atoms with Crippen molar-refractivity contribution in [1.29, 1.82) is 5.26 Å². The Morgan fingerprint density at radius 1 is 1.70 bits per heavy atom. The van der Waals surface area contributed by atoms with Crippen molar-refractivity contribution in [2.75, 3.05) is 0 Å². The van der Waals surface area contributed by atoms with Crippen molar-refractivity contribution in [3.05, 3.63) is 16.6 Å². The van der Waals surface area contributed by atoms with E-state index in [4.69, 9.17) is 5.26 Å². The Labute approximate surface area is 64.1 Å². The standard InChI is InChI=1S/C7H8N2S/c1-7(2,5-8)6-9-3-4-10-6/h3-4H,1-2H3. The smallest absolute Gasteiger partial charge is 0.112 e. The highest BCUT2D eigenvalue weighted by Gasteiger charge is 2.21. The maximum atomic E-state index is 8.68. The monoisotopic (exact) mass is 152 g/mol. The largest absolute Gasteiger partial charge is 0.248 e. The molecule has 1 rings (SSSR count). The van der Waals surface area contributed by atoms with Gasteiger partial charge < -0.3 is 0 Å². The van der Waals surface area contributed by atoms with Gasteiger partial charge >= 0.3 is 0 Å². The summed E-state index contributed by atoms with van der Waals surface area (Å²) in [5, 5.41) is 11.5. The first-order valence-corrected chi connectivity index (χ1v) is 3.86. The molecule has 1 heterocycles. The molecule has 0 aliphatic heterocycles. The zero-order chi connectivity index (χ0) is 7.61. The minimum absolute atomic E-state index is 0.422. The Balaban J connectivity index is 2.99. The molecular weight excluding hydrogens is 144 g/mol. The third kappa shape index (κ3) is 1.17. The first kappa shape index (κ1) is 7.23. The predicted molar refractivity (Wildman–Crippen MR) is 40.8 cm³/mol. The van der Waals surface area contributed by atoms with Crippen molar-refractivity contribution in [3.63, 3.8) is 0 Å². The Bertz CT molecular complexity index is 243. The molecule has 0 N–H and O–H groups in total. The topological polar surface area (TPSA) is 36.7 Å². The summed E-state index contributed by atoms with van der Waals surface area (Å²) in [4.78, 5) is 4.05. The molecule has 0 aliphatic rings. The minimum atomic E-state index is -0.422. The van der Waals surface area contributed by atoms with Crippen LogP contribution in [0.5, 0.6) is 0 Å². The molecule has 0 saturated carbocycles. The lowest BCUT2D eigenvalue weighted by atomic mass is 9.97. The number of hydrogen-bond acceptors (Lipinski definition) is 3. The summed E-state index contributed by atoms with van der Waals surface area (Å²) in [6.07, 6.45) is 1.72. The Morgan fingerprint density at radius 3 is 2.80 bits per heavy atom. The molecule has 3 heteroatoms. The van der Waals surface area contributed by atoms with E-state index >= 15 is 0 Å². The molecule has 1 aromatic heterocycles. The van der Waals surface area contributed by atoms with E-state index in [1.54, 1.807) is 6.20 Å². The van der Waals surface area contributed by atoms with Gasteiger partial charge in [0.2, 0.25) is 0 Å². The van der Waals surface area contributed by atoms with Gasteiger partial charge in [0.15, 0.2) is 0 Å². The number of nitriles is 1.